The third-order valence-corrected chi connectivity index (χ3v) is 3.08. The molecule has 6 nitrogen and oxygen atoms in total. The molecule has 0 radical (unpaired) electrons. The summed E-state index contributed by atoms with van der Waals surface area (Å²) in [5.74, 6) is -0.494. The molecule has 0 saturated heterocycles. The topological polar surface area (TPSA) is 74.4 Å². The van der Waals surface area contributed by atoms with E-state index in [1.807, 2.05) is 13.8 Å². The fraction of sp³-hybridized carbons (Fsp3) is 0.643. The van der Waals surface area contributed by atoms with Crippen molar-refractivity contribution in [2.24, 2.45) is 0 Å². The van der Waals surface area contributed by atoms with Crippen molar-refractivity contribution in [2.75, 3.05) is 6.61 Å². The number of carbonyl (C=O) groups is 1. The maximum Gasteiger partial charge on any atom is 0.355 e. The molecule has 0 N–H and O–H groups in total. The van der Waals surface area contributed by atoms with Crippen LogP contribution in [0.1, 0.15) is 56.2 Å². The molecule has 1 rings (SSSR count). The molecule has 6 heteroatoms. The average molecular weight is 282 g/mol. The maximum absolute atomic E-state index is 11.9. The van der Waals surface area contributed by atoms with Gasteiger partial charge in [0.05, 0.1) is 17.2 Å². The largest absolute Gasteiger partial charge is 0.461 e. The lowest BCUT2D eigenvalue weighted by Gasteiger charge is -2.10. The third kappa shape index (κ3) is 3.59. The van der Waals surface area contributed by atoms with Gasteiger partial charge in [0.2, 0.25) is 0 Å². The number of rotatable bonds is 8. The van der Waals surface area contributed by atoms with Crippen LogP contribution < -0.4 is 0 Å². The van der Waals surface area contributed by atoms with Crippen LogP contribution in [0.4, 0.5) is 5.69 Å². The number of nitrogens with zero attached hydrogens (tertiary/aromatic N) is 2. The van der Waals surface area contributed by atoms with Crippen LogP contribution in [-0.4, -0.2) is 22.1 Å². The number of esters is 1. The van der Waals surface area contributed by atoms with Gasteiger partial charge in [0.1, 0.15) is 5.69 Å². The smallest absolute Gasteiger partial charge is 0.355 e. The van der Waals surface area contributed by atoms with Crippen molar-refractivity contribution >= 4 is 11.7 Å². The lowest BCUT2D eigenvalue weighted by Crippen LogP contribution is -2.14. The molecule has 0 amide bonds. The van der Waals surface area contributed by atoms with Gasteiger partial charge in [0.15, 0.2) is 0 Å². The minimum absolute atomic E-state index is 0.0231. The Hall–Kier alpha value is -1.85. The van der Waals surface area contributed by atoms with E-state index in [2.05, 4.69) is 0 Å². The molecule has 0 fully saturated rings. The van der Waals surface area contributed by atoms with E-state index < -0.39 is 10.9 Å². The quantitative estimate of drug-likeness (QED) is 0.416. The normalized spacial score (nSPS) is 10.6. The number of nitro groups is 1. The summed E-state index contributed by atoms with van der Waals surface area (Å²) in [5.41, 5.74) is 0.934. The highest BCUT2D eigenvalue weighted by atomic mass is 16.6. The van der Waals surface area contributed by atoms with Gasteiger partial charge < -0.3 is 9.30 Å². The van der Waals surface area contributed by atoms with Crippen LogP contribution in [0.15, 0.2) is 6.07 Å². The predicted molar refractivity (Wildman–Crippen MR) is 75.9 cm³/mol. The van der Waals surface area contributed by atoms with Gasteiger partial charge in [-0.15, -0.1) is 0 Å². The molecule has 0 aliphatic heterocycles. The zero-order valence-corrected chi connectivity index (χ0v) is 12.3. The molecular weight excluding hydrogens is 260 g/mol. The lowest BCUT2D eigenvalue weighted by atomic mass is 10.2. The molecule has 1 aromatic rings. The molecule has 0 aromatic carbocycles. The Morgan fingerprint density at radius 3 is 2.55 bits per heavy atom. The molecule has 20 heavy (non-hydrogen) atoms. The summed E-state index contributed by atoms with van der Waals surface area (Å²) in [6.07, 6.45) is 3.21. The Kier molecular flexibility index (Phi) is 6.21. The minimum atomic E-state index is -0.494. The van der Waals surface area contributed by atoms with E-state index in [1.54, 1.807) is 11.5 Å². The van der Waals surface area contributed by atoms with Gasteiger partial charge in [-0.2, -0.15) is 0 Å². The lowest BCUT2D eigenvalue weighted by molar-refractivity contribution is -0.385. The second kappa shape index (κ2) is 7.67. The molecule has 0 aliphatic carbocycles. The monoisotopic (exact) mass is 282 g/mol. The van der Waals surface area contributed by atoms with E-state index in [0.29, 0.717) is 18.7 Å². The number of carbonyl (C=O) groups excluding carboxylic acids is 1. The number of aromatic nitrogens is 1. The van der Waals surface area contributed by atoms with Crippen molar-refractivity contribution in [3.8, 4) is 0 Å². The van der Waals surface area contributed by atoms with Gasteiger partial charge in [-0.3, -0.25) is 10.1 Å². The second-order valence-corrected chi connectivity index (χ2v) is 4.59. The van der Waals surface area contributed by atoms with Crippen LogP contribution in [-0.2, 0) is 17.7 Å². The summed E-state index contributed by atoms with van der Waals surface area (Å²) in [7, 11) is 0. The molecule has 0 unspecified atom stereocenters. The van der Waals surface area contributed by atoms with Gasteiger partial charge in [0, 0.05) is 12.6 Å². The summed E-state index contributed by atoms with van der Waals surface area (Å²) in [4.78, 5) is 22.7. The third-order valence-electron chi connectivity index (χ3n) is 3.08. The predicted octanol–water partition coefficient (Wildman–Crippen LogP) is 3.33. The van der Waals surface area contributed by atoms with E-state index in [0.717, 1.165) is 19.3 Å². The van der Waals surface area contributed by atoms with Gasteiger partial charge in [-0.25, -0.2) is 4.79 Å². The highest BCUT2D eigenvalue weighted by Crippen LogP contribution is 2.26. The Balaban J connectivity index is 3.28. The van der Waals surface area contributed by atoms with E-state index >= 15 is 0 Å². The van der Waals surface area contributed by atoms with Crippen molar-refractivity contribution in [3.63, 3.8) is 0 Å². The molecule has 1 aromatic heterocycles. The van der Waals surface area contributed by atoms with E-state index in [9.17, 15) is 14.9 Å². The first-order chi connectivity index (χ1) is 9.56. The van der Waals surface area contributed by atoms with Gasteiger partial charge in [0.25, 0.3) is 5.69 Å². The fourth-order valence-electron chi connectivity index (χ4n) is 2.19. The molecule has 112 valence electrons. The minimum Gasteiger partial charge on any atom is -0.461 e. The summed E-state index contributed by atoms with van der Waals surface area (Å²) >= 11 is 0. The summed E-state index contributed by atoms with van der Waals surface area (Å²) < 4.78 is 6.73. The summed E-state index contributed by atoms with van der Waals surface area (Å²) in [5, 5.41) is 11.2. The fourth-order valence-corrected chi connectivity index (χ4v) is 2.19. The van der Waals surface area contributed by atoms with Crippen LogP contribution in [0, 0.1) is 10.1 Å². The molecular formula is C14H22N2O4. The van der Waals surface area contributed by atoms with Crippen molar-refractivity contribution in [1.29, 1.82) is 0 Å². The van der Waals surface area contributed by atoms with Crippen LogP contribution in [0.3, 0.4) is 0 Å². The first-order valence-corrected chi connectivity index (χ1v) is 7.10. The van der Waals surface area contributed by atoms with Crippen molar-refractivity contribution in [3.05, 3.63) is 27.6 Å². The van der Waals surface area contributed by atoms with E-state index in [-0.39, 0.29) is 18.0 Å². The Bertz CT molecular complexity index is 480. The van der Waals surface area contributed by atoms with Gasteiger partial charge in [-0.05, 0) is 26.2 Å². The van der Waals surface area contributed by atoms with Crippen molar-refractivity contribution in [2.45, 2.75) is 53.0 Å². The van der Waals surface area contributed by atoms with Crippen LogP contribution in [0.2, 0.25) is 0 Å². The average Bonchev–Trinajstić information content (AvgIpc) is 2.76. The van der Waals surface area contributed by atoms with E-state index in [1.165, 1.54) is 6.07 Å². The number of unbranched alkanes of at least 4 members (excludes halogenated alkanes) is 1. The standard InChI is InChI=1S/C14H22N2O4/c1-4-7-8-11-12(16(18)19)10-13(14(17)20-6-3)15(11)9-5-2/h10H,4-9H2,1-3H3. The number of hydrogen-bond donors (Lipinski definition) is 0. The Morgan fingerprint density at radius 2 is 2.05 bits per heavy atom. The van der Waals surface area contributed by atoms with E-state index in [4.69, 9.17) is 4.74 Å². The first-order valence-electron chi connectivity index (χ1n) is 7.10. The Morgan fingerprint density at radius 1 is 1.35 bits per heavy atom. The van der Waals surface area contributed by atoms with Crippen molar-refractivity contribution in [1.82, 2.24) is 4.57 Å². The zero-order chi connectivity index (χ0) is 15.1. The maximum atomic E-state index is 11.9. The molecule has 0 spiro atoms. The zero-order valence-electron chi connectivity index (χ0n) is 12.3. The number of hydrogen-bond acceptors (Lipinski definition) is 4. The molecule has 0 atom stereocenters. The van der Waals surface area contributed by atoms with Crippen LogP contribution >= 0.6 is 0 Å². The number of ether oxygens (including phenoxy) is 1. The van der Waals surface area contributed by atoms with Gasteiger partial charge in [-0.1, -0.05) is 20.3 Å². The summed E-state index contributed by atoms with van der Waals surface area (Å²) in [6.45, 7) is 6.57. The van der Waals surface area contributed by atoms with Crippen LogP contribution in [0.5, 0.6) is 0 Å². The molecule has 1 heterocycles. The second-order valence-electron chi connectivity index (χ2n) is 4.59. The van der Waals surface area contributed by atoms with Crippen LogP contribution in [0.25, 0.3) is 0 Å². The molecule has 0 saturated carbocycles. The van der Waals surface area contributed by atoms with Crippen molar-refractivity contribution < 1.29 is 14.5 Å². The Labute approximate surface area is 118 Å². The highest BCUT2D eigenvalue weighted by molar-refractivity contribution is 5.89. The highest BCUT2D eigenvalue weighted by Gasteiger charge is 2.26. The first kappa shape index (κ1) is 16.2. The molecule has 0 bridgehead atoms. The summed E-state index contributed by atoms with van der Waals surface area (Å²) in [6, 6.07) is 1.35. The SMILES string of the molecule is CCCCc1c([N+](=O)[O-])cc(C(=O)OCC)n1CCC. The molecule has 0 aliphatic rings. The van der Waals surface area contributed by atoms with Gasteiger partial charge >= 0.3 is 5.97 Å².